The van der Waals surface area contributed by atoms with E-state index in [0.29, 0.717) is 38.1 Å². The number of aliphatic carboxylic acids is 1. The van der Waals surface area contributed by atoms with Crippen LogP contribution in [0.2, 0.25) is 0 Å². The van der Waals surface area contributed by atoms with Crippen LogP contribution < -0.4 is 5.32 Å². The highest BCUT2D eigenvalue weighted by Crippen LogP contribution is 2.34. The van der Waals surface area contributed by atoms with Crippen molar-refractivity contribution in [1.82, 2.24) is 10.2 Å². The molecule has 0 heterocycles. The molecule has 0 aromatic rings. The van der Waals surface area contributed by atoms with Crippen LogP contribution in [0.4, 0.5) is 0 Å². The molecule has 1 aliphatic carbocycles. The molecule has 1 aliphatic rings. The molecule has 1 rings (SSSR count). The van der Waals surface area contributed by atoms with E-state index in [1.807, 2.05) is 6.92 Å². The van der Waals surface area contributed by atoms with Crippen LogP contribution >= 0.6 is 0 Å². The summed E-state index contributed by atoms with van der Waals surface area (Å²) in [7, 11) is 1.71. The fourth-order valence-electron chi connectivity index (χ4n) is 3.27. The number of nitrogens with zero attached hydrogens (tertiary/aromatic N) is 1. The van der Waals surface area contributed by atoms with Crippen molar-refractivity contribution in [2.45, 2.75) is 64.1 Å². The summed E-state index contributed by atoms with van der Waals surface area (Å²) in [6, 6.07) is 0.789. The SMILES string of the molecule is CCNC1(C(=O)O)CCC(N(CCOC)C(C)CC)C1. The van der Waals surface area contributed by atoms with Crippen molar-refractivity contribution < 1.29 is 14.6 Å². The van der Waals surface area contributed by atoms with Crippen LogP contribution in [0, 0.1) is 0 Å². The highest BCUT2D eigenvalue weighted by Gasteiger charge is 2.46. The number of rotatable bonds is 9. The van der Waals surface area contributed by atoms with Gasteiger partial charge in [0, 0.05) is 25.7 Å². The summed E-state index contributed by atoms with van der Waals surface area (Å²) in [5.74, 6) is -0.710. The van der Waals surface area contributed by atoms with Crippen LogP contribution in [0.3, 0.4) is 0 Å². The lowest BCUT2D eigenvalue weighted by Crippen LogP contribution is -2.52. The van der Waals surface area contributed by atoms with Gasteiger partial charge in [0.05, 0.1) is 6.61 Å². The van der Waals surface area contributed by atoms with Crippen LogP contribution in [0.1, 0.15) is 46.5 Å². The van der Waals surface area contributed by atoms with Crippen molar-refractivity contribution in [3.8, 4) is 0 Å². The maximum atomic E-state index is 11.6. The van der Waals surface area contributed by atoms with Gasteiger partial charge in [-0.3, -0.25) is 9.69 Å². The lowest BCUT2D eigenvalue weighted by Gasteiger charge is -2.35. The van der Waals surface area contributed by atoms with Gasteiger partial charge in [0.2, 0.25) is 0 Å². The molecule has 0 radical (unpaired) electrons. The van der Waals surface area contributed by atoms with E-state index in [0.717, 1.165) is 19.4 Å². The largest absolute Gasteiger partial charge is 0.480 e. The zero-order valence-electron chi connectivity index (χ0n) is 13.3. The summed E-state index contributed by atoms with van der Waals surface area (Å²) < 4.78 is 5.20. The van der Waals surface area contributed by atoms with Gasteiger partial charge >= 0.3 is 5.97 Å². The topological polar surface area (TPSA) is 61.8 Å². The van der Waals surface area contributed by atoms with Gasteiger partial charge in [0.25, 0.3) is 0 Å². The molecule has 3 atom stereocenters. The van der Waals surface area contributed by atoms with Crippen molar-refractivity contribution in [3.05, 3.63) is 0 Å². The summed E-state index contributed by atoms with van der Waals surface area (Å²) in [5, 5.41) is 12.8. The number of likely N-dealkylation sites (N-methyl/N-ethyl adjacent to an activating group) is 1. The molecule has 0 aliphatic heterocycles. The lowest BCUT2D eigenvalue weighted by molar-refractivity contribution is -0.144. The molecule has 0 saturated heterocycles. The second-order valence-corrected chi connectivity index (χ2v) is 5.80. The van der Waals surface area contributed by atoms with Gasteiger partial charge in [0.1, 0.15) is 5.54 Å². The third-order valence-corrected chi connectivity index (χ3v) is 4.59. The molecule has 0 aromatic carbocycles. The first kappa shape index (κ1) is 17.4. The van der Waals surface area contributed by atoms with Gasteiger partial charge in [-0.25, -0.2) is 0 Å². The highest BCUT2D eigenvalue weighted by molar-refractivity contribution is 5.79. The quantitative estimate of drug-likeness (QED) is 0.676. The van der Waals surface area contributed by atoms with Gasteiger partial charge in [-0.2, -0.15) is 0 Å². The first-order valence-corrected chi connectivity index (χ1v) is 7.73. The average Bonchev–Trinajstić information content (AvgIpc) is 2.85. The molecule has 0 amide bonds. The Morgan fingerprint density at radius 2 is 2.25 bits per heavy atom. The second kappa shape index (κ2) is 7.96. The Labute approximate surface area is 122 Å². The number of carboxylic acids is 1. The molecule has 2 N–H and O–H groups in total. The minimum absolute atomic E-state index is 0.329. The zero-order valence-corrected chi connectivity index (χ0v) is 13.3. The summed E-state index contributed by atoms with van der Waals surface area (Å²) in [6.45, 7) is 8.62. The minimum atomic E-state index is -0.738. The Balaban J connectivity index is 2.77. The normalized spacial score (nSPS) is 27.9. The van der Waals surface area contributed by atoms with Gasteiger partial charge in [-0.15, -0.1) is 0 Å². The van der Waals surface area contributed by atoms with E-state index >= 15 is 0 Å². The molecule has 20 heavy (non-hydrogen) atoms. The summed E-state index contributed by atoms with van der Waals surface area (Å²) in [6.07, 6.45) is 3.40. The highest BCUT2D eigenvalue weighted by atomic mass is 16.5. The summed E-state index contributed by atoms with van der Waals surface area (Å²) >= 11 is 0. The number of methoxy groups -OCH3 is 1. The van der Waals surface area contributed by atoms with Gasteiger partial charge in [0.15, 0.2) is 0 Å². The van der Waals surface area contributed by atoms with Crippen molar-refractivity contribution in [3.63, 3.8) is 0 Å². The summed E-state index contributed by atoms with van der Waals surface area (Å²) in [4.78, 5) is 14.1. The Kier molecular flexibility index (Phi) is 6.92. The molecule has 118 valence electrons. The van der Waals surface area contributed by atoms with Crippen molar-refractivity contribution in [2.24, 2.45) is 0 Å². The third kappa shape index (κ3) is 3.93. The molecule has 0 bridgehead atoms. The molecule has 3 unspecified atom stereocenters. The molecule has 5 nitrogen and oxygen atoms in total. The molecule has 1 saturated carbocycles. The maximum absolute atomic E-state index is 11.6. The number of carboxylic acid groups (broad SMARTS) is 1. The van der Waals surface area contributed by atoms with E-state index in [2.05, 4.69) is 24.1 Å². The van der Waals surface area contributed by atoms with E-state index in [9.17, 15) is 9.90 Å². The van der Waals surface area contributed by atoms with Gasteiger partial charge < -0.3 is 15.2 Å². The molecule has 5 heteroatoms. The molecular weight excluding hydrogens is 256 g/mol. The number of hydrogen-bond donors (Lipinski definition) is 2. The van der Waals surface area contributed by atoms with Crippen molar-refractivity contribution in [2.75, 3.05) is 26.8 Å². The van der Waals surface area contributed by atoms with Crippen LogP contribution in [0.5, 0.6) is 0 Å². The lowest BCUT2D eigenvalue weighted by atomic mass is 9.97. The predicted octanol–water partition coefficient (Wildman–Crippen LogP) is 1.72. The van der Waals surface area contributed by atoms with E-state index in [1.165, 1.54) is 0 Å². The minimum Gasteiger partial charge on any atom is -0.480 e. The van der Waals surface area contributed by atoms with E-state index < -0.39 is 11.5 Å². The van der Waals surface area contributed by atoms with Crippen LogP contribution in [0.15, 0.2) is 0 Å². The van der Waals surface area contributed by atoms with E-state index in [-0.39, 0.29) is 0 Å². The van der Waals surface area contributed by atoms with Gasteiger partial charge in [-0.05, 0) is 39.2 Å². The third-order valence-electron chi connectivity index (χ3n) is 4.59. The number of nitrogens with one attached hydrogen (secondary N) is 1. The van der Waals surface area contributed by atoms with Gasteiger partial charge in [-0.1, -0.05) is 13.8 Å². The second-order valence-electron chi connectivity index (χ2n) is 5.80. The fourth-order valence-corrected chi connectivity index (χ4v) is 3.27. The van der Waals surface area contributed by atoms with Crippen LogP contribution in [0.25, 0.3) is 0 Å². The maximum Gasteiger partial charge on any atom is 0.323 e. The Hall–Kier alpha value is -0.650. The number of ether oxygens (including phenoxy) is 1. The smallest absolute Gasteiger partial charge is 0.323 e. The first-order valence-electron chi connectivity index (χ1n) is 7.73. The van der Waals surface area contributed by atoms with Crippen molar-refractivity contribution in [1.29, 1.82) is 0 Å². The zero-order chi connectivity index (χ0) is 15.2. The fraction of sp³-hybridized carbons (Fsp3) is 0.933. The Morgan fingerprint density at radius 1 is 1.55 bits per heavy atom. The van der Waals surface area contributed by atoms with Crippen LogP contribution in [-0.4, -0.2) is 60.4 Å². The monoisotopic (exact) mass is 286 g/mol. The predicted molar refractivity (Wildman–Crippen MR) is 80.0 cm³/mol. The van der Waals surface area contributed by atoms with E-state index in [4.69, 9.17) is 4.74 Å². The number of carbonyl (C=O) groups is 1. The first-order chi connectivity index (χ1) is 9.50. The Morgan fingerprint density at radius 3 is 2.75 bits per heavy atom. The average molecular weight is 286 g/mol. The molecule has 0 spiro atoms. The molecule has 0 aromatic heterocycles. The summed E-state index contributed by atoms with van der Waals surface area (Å²) in [5.41, 5.74) is -0.738. The van der Waals surface area contributed by atoms with Crippen LogP contribution in [-0.2, 0) is 9.53 Å². The molecule has 1 fully saturated rings. The number of hydrogen-bond acceptors (Lipinski definition) is 4. The standard InChI is InChI=1S/C15H30N2O3/c1-5-12(3)17(9-10-20-4)13-7-8-15(11-13,14(18)19)16-6-2/h12-13,16H,5-11H2,1-4H3,(H,18,19). The molecular formula is C15H30N2O3. The van der Waals surface area contributed by atoms with Crippen molar-refractivity contribution >= 4 is 5.97 Å². The van der Waals surface area contributed by atoms with E-state index in [1.54, 1.807) is 7.11 Å². The Bertz CT molecular complexity index is 311.